The van der Waals surface area contributed by atoms with Crippen LogP contribution in [0.25, 0.3) is 0 Å². The summed E-state index contributed by atoms with van der Waals surface area (Å²) in [6.45, 7) is 4.69. The summed E-state index contributed by atoms with van der Waals surface area (Å²) in [4.78, 5) is 0. The molecule has 1 fully saturated rings. The van der Waals surface area contributed by atoms with Crippen molar-refractivity contribution < 1.29 is 9.84 Å². The lowest BCUT2D eigenvalue weighted by Gasteiger charge is -2.19. The lowest BCUT2D eigenvalue weighted by molar-refractivity contribution is -0.0330. The van der Waals surface area contributed by atoms with Crippen LogP contribution in [0, 0.1) is 0 Å². The quantitative estimate of drug-likeness (QED) is 0.887. The Hall–Kier alpha value is -0.580. The molecule has 1 aromatic heterocycles. The third-order valence-corrected chi connectivity index (χ3v) is 3.32. The van der Waals surface area contributed by atoms with Gasteiger partial charge < -0.3 is 9.84 Å². The van der Waals surface area contributed by atoms with Gasteiger partial charge >= 0.3 is 0 Å². The van der Waals surface area contributed by atoms with Gasteiger partial charge in [0, 0.05) is 6.54 Å². The third-order valence-electron chi connectivity index (χ3n) is 3.03. The van der Waals surface area contributed by atoms with Crippen LogP contribution in [0.3, 0.4) is 0 Å². The molecule has 0 radical (unpaired) electrons. The van der Waals surface area contributed by atoms with Gasteiger partial charge in [0.25, 0.3) is 0 Å². The lowest BCUT2D eigenvalue weighted by Crippen LogP contribution is -2.22. The molecular weight excluding hydrogens is 228 g/mol. The number of aromatic nitrogens is 2. The monoisotopic (exact) mass is 244 g/mol. The summed E-state index contributed by atoms with van der Waals surface area (Å²) in [6.07, 6.45) is 2.81. The first-order chi connectivity index (χ1) is 7.63. The predicted molar refractivity (Wildman–Crippen MR) is 61.4 cm³/mol. The van der Waals surface area contributed by atoms with Gasteiger partial charge in [-0.05, 0) is 26.7 Å². The van der Waals surface area contributed by atoms with Gasteiger partial charge in [0.05, 0.1) is 29.1 Å². The average Bonchev–Trinajstić information content (AvgIpc) is 2.83. The molecule has 1 aromatic rings. The van der Waals surface area contributed by atoms with Crippen molar-refractivity contribution in [2.45, 2.75) is 51.5 Å². The van der Waals surface area contributed by atoms with Gasteiger partial charge in [-0.25, -0.2) is 0 Å². The van der Waals surface area contributed by atoms with E-state index in [0.29, 0.717) is 17.3 Å². The molecule has 1 aliphatic heterocycles. The maximum Gasteiger partial charge on any atom is 0.123 e. The van der Waals surface area contributed by atoms with Crippen LogP contribution in [-0.4, -0.2) is 27.1 Å². The number of hydrogen-bond donors (Lipinski definition) is 1. The molecule has 0 amide bonds. The zero-order chi connectivity index (χ0) is 11.7. The number of halogens is 1. The second-order valence-corrected chi connectivity index (χ2v) is 4.61. The Morgan fingerprint density at radius 2 is 2.44 bits per heavy atom. The van der Waals surface area contributed by atoms with Crippen molar-refractivity contribution in [1.29, 1.82) is 0 Å². The first-order valence-electron chi connectivity index (χ1n) is 5.68. The van der Waals surface area contributed by atoms with Gasteiger partial charge in [-0.2, -0.15) is 5.10 Å². The fraction of sp³-hybridized carbons (Fsp3) is 0.727. The number of aliphatic hydroxyl groups is 1. The van der Waals surface area contributed by atoms with Crippen LogP contribution in [-0.2, 0) is 11.3 Å². The number of nitrogens with zero attached hydrogens (tertiary/aromatic N) is 2. The van der Waals surface area contributed by atoms with Gasteiger partial charge in [0.2, 0.25) is 0 Å². The van der Waals surface area contributed by atoms with Gasteiger partial charge in [-0.15, -0.1) is 0 Å². The van der Waals surface area contributed by atoms with E-state index in [-0.39, 0.29) is 12.2 Å². The molecule has 3 unspecified atom stereocenters. The molecule has 1 N–H and O–H groups in total. The highest BCUT2D eigenvalue weighted by atomic mass is 35.5. The molecule has 3 atom stereocenters. The maximum absolute atomic E-state index is 10.2. The highest BCUT2D eigenvalue weighted by Crippen LogP contribution is 2.33. The van der Waals surface area contributed by atoms with Crippen molar-refractivity contribution in [3.63, 3.8) is 0 Å². The van der Waals surface area contributed by atoms with Crippen LogP contribution < -0.4 is 0 Å². The van der Waals surface area contributed by atoms with Crippen molar-refractivity contribution in [2.75, 3.05) is 0 Å². The van der Waals surface area contributed by atoms with Crippen LogP contribution >= 0.6 is 11.6 Å². The Labute approximate surface area is 100 Å². The minimum Gasteiger partial charge on any atom is -0.384 e. The third kappa shape index (κ3) is 2.10. The molecule has 4 nitrogen and oxygen atoms in total. The van der Waals surface area contributed by atoms with E-state index in [9.17, 15) is 5.11 Å². The average molecular weight is 245 g/mol. The smallest absolute Gasteiger partial charge is 0.123 e. The number of rotatable bonds is 3. The Morgan fingerprint density at radius 1 is 1.69 bits per heavy atom. The molecule has 0 aliphatic carbocycles. The Morgan fingerprint density at radius 3 is 3.00 bits per heavy atom. The predicted octanol–water partition coefficient (Wildman–Crippen LogP) is 2.16. The molecule has 5 heteroatoms. The molecule has 0 saturated carbocycles. The normalized spacial score (nSPS) is 27.2. The van der Waals surface area contributed by atoms with E-state index in [2.05, 4.69) is 5.10 Å². The molecule has 90 valence electrons. The van der Waals surface area contributed by atoms with E-state index < -0.39 is 6.10 Å². The van der Waals surface area contributed by atoms with Gasteiger partial charge in [-0.3, -0.25) is 4.68 Å². The second kappa shape index (κ2) is 4.73. The maximum atomic E-state index is 10.2. The zero-order valence-corrected chi connectivity index (χ0v) is 10.3. The highest BCUT2D eigenvalue weighted by Gasteiger charge is 2.32. The van der Waals surface area contributed by atoms with E-state index in [1.54, 1.807) is 10.9 Å². The molecule has 16 heavy (non-hydrogen) atoms. The molecule has 0 bridgehead atoms. The van der Waals surface area contributed by atoms with Crippen molar-refractivity contribution in [3.8, 4) is 0 Å². The Kier molecular flexibility index (Phi) is 3.52. The number of hydrogen-bond acceptors (Lipinski definition) is 3. The van der Waals surface area contributed by atoms with Crippen LogP contribution in [0.15, 0.2) is 6.20 Å². The minimum atomic E-state index is -0.681. The molecule has 1 saturated heterocycles. The van der Waals surface area contributed by atoms with Crippen molar-refractivity contribution in [1.82, 2.24) is 9.78 Å². The highest BCUT2D eigenvalue weighted by molar-refractivity contribution is 6.31. The van der Waals surface area contributed by atoms with E-state index >= 15 is 0 Å². The Bertz CT molecular complexity index is 367. The van der Waals surface area contributed by atoms with Gasteiger partial charge in [0.1, 0.15) is 6.10 Å². The molecule has 0 aromatic carbocycles. The van der Waals surface area contributed by atoms with Crippen LogP contribution in [0.1, 0.15) is 38.5 Å². The van der Waals surface area contributed by atoms with Crippen molar-refractivity contribution in [3.05, 3.63) is 16.9 Å². The second-order valence-electron chi connectivity index (χ2n) is 4.20. The van der Waals surface area contributed by atoms with E-state index in [4.69, 9.17) is 16.3 Å². The summed E-state index contributed by atoms with van der Waals surface area (Å²) < 4.78 is 7.37. The Balaban J connectivity index is 2.19. The van der Waals surface area contributed by atoms with E-state index in [1.165, 1.54) is 0 Å². The van der Waals surface area contributed by atoms with E-state index in [1.807, 2.05) is 13.8 Å². The topological polar surface area (TPSA) is 47.3 Å². The summed E-state index contributed by atoms with van der Waals surface area (Å²) in [5, 5.41) is 14.9. The van der Waals surface area contributed by atoms with Crippen LogP contribution in [0.5, 0.6) is 0 Å². The first-order valence-corrected chi connectivity index (χ1v) is 6.06. The first kappa shape index (κ1) is 11.9. The van der Waals surface area contributed by atoms with Crippen LogP contribution in [0.2, 0.25) is 5.02 Å². The largest absolute Gasteiger partial charge is 0.384 e. The van der Waals surface area contributed by atoms with Crippen molar-refractivity contribution >= 4 is 11.6 Å². The summed E-state index contributed by atoms with van der Waals surface area (Å²) >= 11 is 6.03. The van der Waals surface area contributed by atoms with Crippen molar-refractivity contribution in [2.24, 2.45) is 0 Å². The summed E-state index contributed by atoms with van der Waals surface area (Å²) in [7, 11) is 0. The fourth-order valence-electron chi connectivity index (χ4n) is 2.16. The molecule has 2 rings (SSSR count). The standard InChI is InChI=1S/C11H17ClN2O2/c1-3-14-10(8(12)6-13-14)11(15)9-5-4-7(2)16-9/h6-7,9,11,15H,3-5H2,1-2H3. The summed E-state index contributed by atoms with van der Waals surface area (Å²) in [6, 6.07) is 0. The van der Waals surface area contributed by atoms with Gasteiger partial charge in [-0.1, -0.05) is 11.6 Å². The zero-order valence-electron chi connectivity index (χ0n) is 9.56. The minimum absolute atomic E-state index is 0.158. The summed E-state index contributed by atoms with van der Waals surface area (Å²) in [5.74, 6) is 0. The number of ether oxygens (including phenoxy) is 1. The molecule has 2 heterocycles. The molecule has 0 spiro atoms. The SMILES string of the molecule is CCn1ncc(Cl)c1C(O)C1CCC(C)O1. The fourth-order valence-corrected chi connectivity index (χ4v) is 2.41. The number of aryl methyl sites for hydroxylation is 1. The lowest BCUT2D eigenvalue weighted by atomic mass is 10.1. The summed E-state index contributed by atoms with van der Waals surface area (Å²) in [5.41, 5.74) is 0.670. The van der Waals surface area contributed by atoms with Gasteiger partial charge in [0.15, 0.2) is 0 Å². The van der Waals surface area contributed by atoms with Crippen LogP contribution in [0.4, 0.5) is 0 Å². The molecular formula is C11H17ClN2O2. The molecule has 1 aliphatic rings. The number of aliphatic hydroxyl groups excluding tert-OH is 1. The van der Waals surface area contributed by atoms with E-state index in [0.717, 1.165) is 12.8 Å².